The van der Waals surface area contributed by atoms with Crippen LogP contribution in [0.3, 0.4) is 0 Å². The van der Waals surface area contributed by atoms with Crippen LogP contribution in [0.2, 0.25) is 0 Å². The molecule has 0 radical (unpaired) electrons. The molecule has 2 aromatic heterocycles. The van der Waals surface area contributed by atoms with Gasteiger partial charge in [-0.15, -0.1) is 0 Å². The van der Waals surface area contributed by atoms with E-state index in [1.807, 2.05) is 0 Å². The number of carbonyl (C=O) groups is 1. The highest BCUT2D eigenvalue weighted by Gasteiger charge is 2.33. The van der Waals surface area contributed by atoms with Gasteiger partial charge >= 0.3 is 12.2 Å². The molecule has 0 spiro atoms. The van der Waals surface area contributed by atoms with E-state index in [1.165, 1.54) is 22.8 Å². The first-order valence-corrected chi connectivity index (χ1v) is 10.1. The van der Waals surface area contributed by atoms with Crippen molar-refractivity contribution in [2.24, 2.45) is 13.0 Å². The number of rotatable bonds is 5. The quantitative estimate of drug-likeness (QED) is 0.491. The van der Waals surface area contributed by atoms with Gasteiger partial charge in [0.05, 0.1) is 16.8 Å². The molecule has 1 fully saturated rings. The van der Waals surface area contributed by atoms with Gasteiger partial charge in [0.15, 0.2) is 5.50 Å². The van der Waals surface area contributed by atoms with Crippen LogP contribution in [-0.2, 0) is 13.2 Å². The van der Waals surface area contributed by atoms with Crippen molar-refractivity contribution < 1.29 is 31.1 Å². The summed E-state index contributed by atoms with van der Waals surface area (Å²) < 4.78 is 79.6. The van der Waals surface area contributed by atoms with Gasteiger partial charge in [-0.05, 0) is 25.0 Å². The van der Waals surface area contributed by atoms with Gasteiger partial charge in [-0.25, -0.2) is 22.9 Å². The number of carbonyl (C=O) groups excluding carboxylic acids is 1. The Bertz CT molecular complexity index is 896. The van der Waals surface area contributed by atoms with Crippen LogP contribution >= 0.6 is 11.8 Å². The van der Waals surface area contributed by atoms with E-state index in [9.17, 15) is 31.1 Å². The standard InChI is InChI=1S/C18H19F6N5OS/c1-28-9-12(14(27-28)15(19)20)31-16(21)10-4-6-29(7-5-10)17(30)26-11-2-3-13(25-8-11)18(22,23)24/h2-3,8-10,15-16H,4-7H2,1H3,(H,26,30). The molecule has 1 unspecified atom stereocenters. The maximum atomic E-state index is 14.7. The number of aromatic nitrogens is 3. The van der Waals surface area contributed by atoms with Crippen molar-refractivity contribution >= 4 is 23.5 Å². The van der Waals surface area contributed by atoms with Crippen LogP contribution < -0.4 is 5.32 Å². The number of halogens is 6. The predicted octanol–water partition coefficient (Wildman–Crippen LogP) is 5.10. The summed E-state index contributed by atoms with van der Waals surface area (Å²) >= 11 is 0.692. The smallest absolute Gasteiger partial charge is 0.325 e. The Balaban J connectivity index is 1.51. The number of hydrogen-bond donors (Lipinski definition) is 1. The normalized spacial score (nSPS) is 16.6. The van der Waals surface area contributed by atoms with E-state index in [-0.39, 0.29) is 23.7 Å². The minimum absolute atomic E-state index is 0.0833. The summed E-state index contributed by atoms with van der Waals surface area (Å²) in [5.74, 6) is -0.437. The zero-order valence-electron chi connectivity index (χ0n) is 16.2. The first-order chi connectivity index (χ1) is 14.5. The van der Waals surface area contributed by atoms with Crippen molar-refractivity contribution in [2.45, 2.75) is 35.8 Å². The van der Waals surface area contributed by atoms with Crippen LogP contribution in [0.25, 0.3) is 0 Å². The Hall–Kier alpha value is -2.44. The first kappa shape index (κ1) is 23.2. The summed E-state index contributed by atoms with van der Waals surface area (Å²) in [6.07, 6.45) is -4.48. The van der Waals surface area contributed by atoms with Crippen molar-refractivity contribution in [1.82, 2.24) is 19.7 Å². The lowest BCUT2D eigenvalue weighted by Crippen LogP contribution is -2.42. The minimum Gasteiger partial charge on any atom is -0.325 e. The van der Waals surface area contributed by atoms with Crippen molar-refractivity contribution in [3.05, 3.63) is 35.9 Å². The monoisotopic (exact) mass is 467 g/mol. The molecule has 13 heteroatoms. The Kier molecular flexibility index (Phi) is 7.02. The molecule has 1 saturated heterocycles. The van der Waals surface area contributed by atoms with Crippen LogP contribution in [0, 0.1) is 5.92 Å². The molecule has 170 valence electrons. The highest BCUT2D eigenvalue weighted by atomic mass is 32.2. The topological polar surface area (TPSA) is 63.1 Å². The number of pyridine rings is 1. The van der Waals surface area contributed by atoms with Crippen LogP contribution in [0.4, 0.5) is 36.8 Å². The zero-order chi connectivity index (χ0) is 22.8. The SMILES string of the molecule is Cn1cc(SC(F)C2CCN(C(=O)Nc3ccc(C(F)(F)F)nc3)CC2)c(C(F)F)n1. The van der Waals surface area contributed by atoms with Gasteiger partial charge in [0.1, 0.15) is 11.4 Å². The van der Waals surface area contributed by atoms with Gasteiger partial charge in [0.25, 0.3) is 6.43 Å². The fourth-order valence-corrected chi connectivity index (χ4v) is 4.32. The van der Waals surface area contributed by atoms with Crippen molar-refractivity contribution in [1.29, 1.82) is 0 Å². The Morgan fingerprint density at radius 1 is 1.23 bits per heavy atom. The Morgan fingerprint density at radius 2 is 1.90 bits per heavy atom. The summed E-state index contributed by atoms with van der Waals surface area (Å²) in [4.78, 5) is 17.1. The second-order valence-corrected chi connectivity index (χ2v) is 8.13. The number of aryl methyl sites for hydroxylation is 1. The summed E-state index contributed by atoms with van der Waals surface area (Å²) in [6.45, 7) is 0.445. The Morgan fingerprint density at radius 3 is 2.45 bits per heavy atom. The largest absolute Gasteiger partial charge is 0.433 e. The number of likely N-dealkylation sites (tertiary alicyclic amines) is 1. The van der Waals surface area contributed by atoms with E-state index in [0.717, 1.165) is 18.3 Å². The van der Waals surface area contributed by atoms with Gasteiger partial charge < -0.3 is 10.2 Å². The van der Waals surface area contributed by atoms with E-state index < -0.39 is 41.4 Å². The summed E-state index contributed by atoms with van der Waals surface area (Å²) in [7, 11) is 1.48. The lowest BCUT2D eigenvalue weighted by atomic mass is 9.98. The average Bonchev–Trinajstić information content (AvgIpc) is 3.08. The molecule has 2 amide bonds. The van der Waals surface area contributed by atoms with Crippen molar-refractivity contribution in [3.63, 3.8) is 0 Å². The molecule has 31 heavy (non-hydrogen) atoms. The zero-order valence-corrected chi connectivity index (χ0v) is 17.1. The van der Waals surface area contributed by atoms with Gasteiger partial charge in [-0.2, -0.15) is 18.3 Å². The molecule has 3 heterocycles. The first-order valence-electron chi connectivity index (χ1n) is 9.26. The van der Waals surface area contributed by atoms with Gasteiger partial charge in [-0.3, -0.25) is 4.68 Å². The number of amides is 2. The van der Waals surface area contributed by atoms with E-state index in [0.29, 0.717) is 24.6 Å². The summed E-state index contributed by atoms with van der Waals surface area (Å²) in [5.41, 5.74) is -2.86. The van der Waals surface area contributed by atoms with Crippen LogP contribution in [0.5, 0.6) is 0 Å². The number of nitrogens with one attached hydrogen (secondary N) is 1. The fraction of sp³-hybridized carbons (Fsp3) is 0.500. The maximum absolute atomic E-state index is 14.7. The number of urea groups is 1. The summed E-state index contributed by atoms with van der Waals surface area (Å²) in [5, 5.41) is 6.11. The number of alkyl halides is 6. The van der Waals surface area contributed by atoms with Gasteiger partial charge in [-0.1, -0.05) is 11.8 Å². The average molecular weight is 467 g/mol. The van der Waals surface area contributed by atoms with E-state index in [4.69, 9.17) is 0 Å². The van der Waals surface area contributed by atoms with E-state index >= 15 is 0 Å². The summed E-state index contributed by atoms with van der Waals surface area (Å²) in [6, 6.07) is 1.33. The van der Waals surface area contributed by atoms with Gasteiger partial charge in [0.2, 0.25) is 0 Å². The molecule has 0 bridgehead atoms. The minimum atomic E-state index is -4.57. The lowest BCUT2D eigenvalue weighted by Gasteiger charge is -2.33. The number of hydrogen-bond acceptors (Lipinski definition) is 4. The predicted molar refractivity (Wildman–Crippen MR) is 101 cm³/mol. The second-order valence-electron chi connectivity index (χ2n) is 7.01. The lowest BCUT2D eigenvalue weighted by molar-refractivity contribution is -0.141. The van der Waals surface area contributed by atoms with E-state index in [1.54, 1.807) is 0 Å². The number of piperidine rings is 1. The molecule has 1 aliphatic heterocycles. The van der Waals surface area contributed by atoms with Crippen LogP contribution in [0.1, 0.15) is 30.7 Å². The number of thioether (sulfide) groups is 1. The molecule has 1 N–H and O–H groups in total. The van der Waals surface area contributed by atoms with Crippen molar-refractivity contribution in [2.75, 3.05) is 18.4 Å². The van der Waals surface area contributed by atoms with E-state index in [2.05, 4.69) is 15.4 Å². The molecule has 1 atom stereocenters. The third kappa shape index (κ3) is 5.83. The molecular weight excluding hydrogens is 448 g/mol. The maximum Gasteiger partial charge on any atom is 0.433 e. The molecular formula is C18H19F6N5OS. The molecule has 3 rings (SSSR count). The molecule has 1 aliphatic rings. The molecule has 6 nitrogen and oxygen atoms in total. The highest BCUT2D eigenvalue weighted by molar-refractivity contribution is 7.99. The molecule has 2 aromatic rings. The van der Waals surface area contributed by atoms with Gasteiger partial charge in [0, 0.05) is 32.3 Å². The van der Waals surface area contributed by atoms with Crippen LogP contribution in [-0.4, -0.2) is 44.3 Å². The number of anilines is 1. The molecule has 0 saturated carbocycles. The second kappa shape index (κ2) is 9.37. The molecule has 0 aliphatic carbocycles. The Labute approximate surface area is 178 Å². The number of nitrogens with zero attached hydrogens (tertiary/aromatic N) is 4. The van der Waals surface area contributed by atoms with Crippen molar-refractivity contribution in [3.8, 4) is 0 Å². The fourth-order valence-electron chi connectivity index (χ4n) is 3.15. The highest BCUT2D eigenvalue weighted by Crippen LogP contribution is 2.38. The third-order valence-corrected chi connectivity index (χ3v) is 5.95. The third-order valence-electron chi connectivity index (χ3n) is 4.77. The van der Waals surface area contributed by atoms with Crippen LogP contribution in [0.15, 0.2) is 29.4 Å². The molecule has 0 aromatic carbocycles.